The Morgan fingerprint density at radius 3 is 2.62 bits per heavy atom. The topological polar surface area (TPSA) is 76.1 Å². The van der Waals surface area contributed by atoms with Crippen LogP contribution in [0.2, 0.25) is 0 Å². The Morgan fingerprint density at radius 1 is 1.29 bits per heavy atom. The zero-order chi connectivity index (χ0) is 17.5. The Balaban J connectivity index is 2.08. The molecule has 1 aromatic carbocycles. The van der Waals surface area contributed by atoms with Gasteiger partial charge in [-0.25, -0.2) is 9.97 Å². The van der Waals surface area contributed by atoms with Gasteiger partial charge in [-0.1, -0.05) is 6.08 Å². The van der Waals surface area contributed by atoms with E-state index in [2.05, 4.69) is 27.2 Å². The summed E-state index contributed by atoms with van der Waals surface area (Å²) >= 11 is 0. The first-order chi connectivity index (χ1) is 11.5. The summed E-state index contributed by atoms with van der Waals surface area (Å²) in [6, 6.07) is 8.86. The van der Waals surface area contributed by atoms with Gasteiger partial charge >= 0.3 is 0 Å². The maximum absolute atomic E-state index is 12.4. The molecule has 0 aliphatic carbocycles. The molecule has 0 aliphatic heterocycles. The van der Waals surface area contributed by atoms with Gasteiger partial charge in [0.1, 0.15) is 11.4 Å². The maximum Gasteiger partial charge on any atom is 0.274 e. The van der Waals surface area contributed by atoms with Gasteiger partial charge in [-0.3, -0.25) is 4.79 Å². The van der Waals surface area contributed by atoms with Crippen molar-refractivity contribution in [1.29, 1.82) is 0 Å². The van der Waals surface area contributed by atoms with E-state index >= 15 is 0 Å². The van der Waals surface area contributed by atoms with E-state index in [1.807, 2.05) is 32.9 Å². The summed E-state index contributed by atoms with van der Waals surface area (Å²) in [7, 11) is 0. The van der Waals surface area contributed by atoms with Gasteiger partial charge < -0.3 is 15.4 Å². The fourth-order valence-electron chi connectivity index (χ4n) is 2.01. The third kappa shape index (κ3) is 5.08. The lowest BCUT2D eigenvalue weighted by Gasteiger charge is -2.11. The Bertz CT molecular complexity index is 711. The van der Waals surface area contributed by atoms with Crippen LogP contribution < -0.4 is 15.4 Å². The monoisotopic (exact) mass is 326 g/mol. The van der Waals surface area contributed by atoms with Gasteiger partial charge in [-0.05, 0) is 51.1 Å². The molecule has 6 nitrogen and oxygen atoms in total. The molecule has 0 saturated heterocycles. The molecule has 24 heavy (non-hydrogen) atoms. The molecule has 0 spiro atoms. The van der Waals surface area contributed by atoms with Gasteiger partial charge in [0.05, 0.1) is 6.10 Å². The molecule has 2 N–H and O–H groups in total. The largest absolute Gasteiger partial charge is 0.491 e. The van der Waals surface area contributed by atoms with Crippen LogP contribution in [-0.4, -0.2) is 28.5 Å². The number of carbonyl (C=O) groups excluding carboxylic acids is 1. The van der Waals surface area contributed by atoms with Crippen molar-refractivity contribution in [2.45, 2.75) is 26.9 Å². The van der Waals surface area contributed by atoms with Gasteiger partial charge in [0, 0.05) is 17.9 Å². The summed E-state index contributed by atoms with van der Waals surface area (Å²) in [6.45, 7) is 9.90. The summed E-state index contributed by atoms with van der Waals surface area (Å²) in [4.78, 5) is 20.8. The molecule has 0 unspecified atom stereocenters. The number of aromatic nitrogens is 2. The van der Waals surface area contributed by atoms with E-state index in [0.717, 1.165) is 5.75 Å². The Morgan fingerprint density at radius 2 is 2.00 bits per heavy atom. The van der Waals surface area contributed by atoms with E-state index in [1.54, 1.807) is 24.3 Å². The normalized spacial score (nSPS) is 10.3. The van der Waals surface area contributed by atoms with E-state index in [4.69, 9.17) is 4.74 Å². The molecular weight excluding hydrogens is 304 g/mol. The molecular formula is C18H22N4O2. The van der Waals surface area contributed by atoms with Crippen LogP contribution in [0.15, 0.2) is 43.0 Å². The first-order valence-electron chi connectivity index (χ1n) is 7.76. The second kappa shape index (κ2) is 8.10. The average Bonchev–Trinajstić information content (AvgIpc) is 2.53. The third-order valence-corrected chi connectivity index (χ3v) is 2.98. The highest BCUT2D eigenvalue weighted by Crippen LogP contribution is 2.17. The van der Waals surface area contributed by atoms with Crippen molar-refractivity contribution >= 4 is 17.5 Å². The molecule has 0 radical (unpaired) electrons. The minimum Gasteiger partial charge on any atom is -0.491 e. The number of nitrogens with one attached hydrogen (secondary N) is 2. The minimum atomic E-state index is -0.292. The van der Waals surface area contributed by atoms with E-state index < -0.39 is 0 Å². The highest BCUT2D eigenvalue weighted by molar-refractivity contribution is 6.03. The molecule has 1 amide bonds. The Labute approximate surface area is 142 Å². The lowest BCUT2D eigenvalue weighted by Crippen LogP contribution is -2.16. The number of aryl methyl sites for hydroxylation is 1. The molecule has 126 valence electrons. The molecule has 2 aromatic rings. The van der Waals surface area contributed by atoms with Crippen molar-refractivity contribution in [2.24, 2.45) is 0 Å². The van der Waals surface area contributed by atoms with Crippen LogP contribution in [0, 0.1) is 6.92 Å². The zero-order valence-electron chi connectivity index (χ0n) is 14.2. The lowest BCUT2D eigenvalue weighted by atomic mass is 10.2. The average molecular weight is 326 g/mol. The molecule has 0 saturated carbocycles. The number of benzene rings is 1. The van der Waals surface area contributed by atoms with Crippen LogP contribution in [0.4, 0.5) is 11.6 Å². The second-order valence-electron chi connectivity index (χ2n) is 5.53. The Hall–Kier alpha value is -2.89. The molecule has 0 fully saturated rings. The number of hydrogen-bond acceptors (Lipinski definition) is 5. The molecule has 0 atom stereocenters. The van der Waals surface area contributed by atoms with Crippen LogP contribution in [0.3, 0.4) is 0 Å². The number of nitrogens with zero attached hydrogens (tertiary/aromatic N) is 2. The Kier molecular flexibility index (Phi) is 5.89. The summed E-state index contributed by atoms with van der Waals surface area (Å²) in [6.07, 6.45) is 1.81. The quantitative estimate of drug-likeness (QED) is 0.762. The van der Waals surface area contributed by atoms with Crippen molar-refractivity contribution in [2.75, 3.05) is 17.2 Å². The van der Waals surface area contributed by atoms with E-state index in [1.165, 1.54) is 0 Å². The van der Waals surface area contributed by atoms with Crippen LogP contribution >= 0.6 is 0 Å². The fraction of sp³-hybridized carbons (Fsp3) is 0.278. The van der Waals surface area contributed by atoms with Crippen molar-refractivity contribution in [1.82, 2.24) is 9.97 Å². The van der Waals surface area contributed by atoms with E-state index in [0.29, 0.717) is 29.6 Å². The number of hydrogen-bond donors (Lipinski definition) is 2. The number of amides is 1. The van der Waals surface area contributed by atoms with Gasteiger partial charge in [0.15, 0.2) is 0 Å². The highest BCUT2D eigenvalue weighted by atomic mass is 16.5. The van der Waals surface area contributed by atoms with E-state index in [-0.39, 0.29) is 12.0 Å². The van der Waals surface area contributed by atoms with Crippen molar-refractivity contribution in [3.8, 4) is 5.75 Å². The predicted molar refractivity (Wildman–Crippen MR) is 95.6 cm³/mol. The molecule has 1 heterocycles. The van der Waals surface area contributed by atoms with Crippen LogP contribution in [-0.2, 0) is 0 Å². The lowest BCUT2D eigenvalue weighted by molar-refractivity contribution is 0.102. The molecule has 0 bridgehead atoms. The smallest absolute Gasteiger partial charge is 0.274 e. The molecule has 6 heteroatoms. The van der Waals surface area contributed by atoms with Gasteiger partial charge in [-0.15, -0.1) is 6.58 Å². The number of ether oxygens (including phenoxy) is 1. The summed E-state index contributed by atoms with van der Waals surface area (Å²) in [5.41, 5.74) is 1.69. The molecule has 1 aromatic heterocycles. The van der Waals surface area contributed by atoms with Crippen molar-refractivity contribution in [3.63, 3.8) is 0 Å². The predicted octanol–water partition coefficient (Wildman–Crippen LogP) is 3.42. The van der Waals surface area contributed by atoms with Crippen molar-refractivity contribution in [3.05, 3.63) is 54.4 Å². The first-order valence-corrected chi connectivity index (χ1v) is 7.76. The summed E-state index contributed by atoms with van der Waals surface area (Å²) in [5, 5.41) is 5.80. The third-order valence-electron chi connectivity index (χ3n) is 2.98. The fourth-order valence-corrected chi connectivity index (χ4v) is 2.01. The first kappa shape index (κ1) is 17.5. The number of anilines is 2. The summed E-state index contributed by atoms with van der Waals surface area (Å²) in [5.74, 6) is 0.872. The standard InChI is InChI=1S/C18H22N4O2/c1-5-10-19-18-20-13(4)11-16(22-18)17(23)21-14-6-8-15(9-7-14)24-12(2)3/h5-9,11-12H,1,10H2,2-4H3,(H,21,23)(H,19,20,22). The number of rotatable bonds is 7. The van der Waals surface area contributed by atoms with E-state index in [9.17, 15) is 4.79 Å². The molecule has 0 aliphatic rings. The maximum atomic E-state index is 12.4. The van der Waals surface area contributed by atoms with Gasteiger partial charge in [0.2, 0.25) is 5.95 Å². The molecule has 2 rings (SSSR count). The van der Waals surface area contributed by atoms with Gasteiger partial charge in [-0.2, -0.15) is 0 Å². The number of carbonyl (C=O) groups is 1. The minimum absolute atomic E-state index is 0.107. The zero-order valence-corrected chi connectivity index (χ0v) is 14.2. The van der Waals surface area contributed by atoms with Crippen LogP contribution in [0.5, 0.6) is 5.75 Å². The second-order valence-corrected chi connectivity index (χ2v) is 5.53. The van der Waals surface area contributed by atoms with Crippen LogP contribution in [0.1, 0.15) is 30.0 Å². The summed E-state index contributed by atoms with van der Waals surface area (Å²) < 4.78 is 5.58. The SMILES string of the molecule is C=CCNc1nc(C)cc(C(=O)Nc2ccc(OC(C)C)cc2)n1. The van der Waals surface area contributed by atoms with Crippen molar-refractivity contribution < 1.29 is 9.53 Å². The van der Waals surface area contributed by atoms with Crippen LogP contribution in [0.25, 0.3) is 0 Å². The highest BCUT2D eigenvalue weighted by Gasteiger charge is 2.11. The van der Waals surface area contributed by atoms with Gasteiger partial charge in [0.25, 0.3) is 5.91 Å².